The minimum absolute atomic E-state index is 0.168. The van der Waals surface area contributed by atoms with Crippen molar-refractivity contribution in [1.29, 1.82) is 0 Å². The normalized spacial score (nSPS) is 25.9. The Balaban J connectivity index is 1.99. The molecule has 2 N–H and O–H groups in total. The zero-order valence-electron chi connectivity index (χ0n) is 9.75. The van der Waals surface area contributed by atoms with Crippen LogP contribution in [0.4, 0.5) is 0 Å². The first kappa shape index (κ1) is 10.1. The highest BCUT2D eigenvalue weighted by atomic mass is 16.1. The van der Waals surface area contributed by atoms with Gasteiger partial charge in [0.15, 0.2) is 0 Å². The number of hydrogen-bond acceptors (Lipinski definition) is 2. The van der Waals surface area contributed by atoms with Crippen molar-refractivity contribution in [1.82, 2.24) is 15.1 Å². The molecule has 1 aromatic rings. The summed E-state index contributed by atoms with van der Waals surface area (Å²) in [5.41, 5.74) is 2.39. The molecule has 2 aliphatic rings. The van der Waals surface area contributed by atoms with Crippen LogP contribution in [0.5, 0.6) is 0 Å². The van der Waals surface area contributed by atoms with E-state index in [-0.39, 0.29) is 11.6 Å². The third-order valence-corrected chi connectivity index (χ3v) is 3.76. The Morgan fingerprint density at radius 2 is 2.06 bits per heavy atom. The van der Waals surface area contributed by atoms with Gasteiger partial charge in [0.1, 0.15) is 0 Å². The zero-order chi connectivity index (χ0) is 11.1. The number of H-pyrrole nitrogens is 1. The Kier molecular flexibility index (Phi) is 2.39. The fourth-order valence-electron chi connectivity index (χ4n) is 2.71. The van der Waals surface area contributed by atoms with Gasteiger partial charge in [0.2, 0.25) is 0 Å². The molecule has 0 spiro atoms. The van der Waals surface area contributed by atoms with E-state index < -0.39 is 0 Å². The second-order valence-electron chi connectivity index (χ2n) is 5.08. The summed E-state index contributed by atoms with van der Waals surface area (Å²) in [5, 5.41) is 6.72. The molecule has 0 radical (unpaired) electrons. The number of aromatic nitrogens is 2. The van der Waals surface area contributed by atoms with E-state index in [0.717, 1.165) is 18.5 Å². The van der Waals surface area contributed by atoms with Gasteiger partial charge in [-0.1, -0.05) is 6.42 Å². The van der Waals surface area contributed by atoms with Gasteiger partial charge in [-0.3, -0.25) is 14.6 Å². The number of nitrogens with zero attached hydrogens (tertiary/aromatic N) is 1. The van der Waals surface area contributed by atoms with Crippen LogP contribution in [0.2, 0.25) is 0 Å². The number of aromatic amines is 1. The van der Waals surface area contributed by atoms with Gasteiger partial charge in [-0.25, -0.2) is 0 Å². The molecule has 88 valence electrons. The quantitative estimate of drug-likeness (QED) is 0.793. The summed E-state index contributed by atoms with van der Waals surface area (Å²) in [7, 11) is 1.82. The van der Waals surface area contributed by atoms with Crippen molar-refractivity contribution < 1.29 is 0 Å². The van der Waals surface area contributed by atoms with E-state index >= 15 is 0 Å². The Bertz CT molecular complexity index is 436. The van der Waals surface area contributed by atoms with Crippen molar-refractivity contribution in [2.75, 3.05) is 6.54 Å². The molecule has 2 heterocycles. The molecular formula is C12H19N3O. The smallest absolute Gasteiger partial charge is 0.271 e. The number of nitrogens with one attached hydrogen (secondary N) is 2. The monoisotopic (exact) mass is 221 g/mol. The van der Waals surface area contributed by atoms with Gasteiger partial charge in [0.25, 0.3) is 5.56 Å². The zero-order valence-corrected chi connectivity index (χ0v) is 9.75. The number of hydrogen-bond donors (Lipinski definition) is 2. The SMILES string of the molecule is Cn1[nH]c(C2CC2)c(C2CCCCN2)c1=O. The van der Waals surface area contributed by atoms with Gasteiger partial charge in [0.05, 0.1) is 5.56 Å². The molecule has 0 amide bonds. The summed E-state index contributed by atoms with van der Waals surface area (Å²) in [6, 6.07) is 0.286. The molecule has 1 saturated carbocycles. The fraction of sp³-hybridized carbons (Fsp3) is 0.750. The average Bonchev–Trinajstić information content (AvgIpc) is 3.09. The van der Waals surface area contributed by atoms with Crippen LogP contribution in [0.3, 0.4) is 0 Å². The van der Waals surface area contributed by atoms with E-state index in [0.29, 0.717) is 5.92 Å². The third-order valence-electron chi connectivity index (χ3n) is 3.76. The molecule has 3 rings (SSSR count). The minimum atomic E-state index is 0.168. The lowest BCUT2D eigenvalue weighted by atomic mass is 9.96. The van der Waals surface area contributed by atoms with Crippen LogP contribution in [0.1, 0.15) is 55.3 Å². The van der Waals surface area contributed by atoms with E-state index in [1.165, 1.54) is 31.4 Å². The van der Waals surface area contributed by atoms with Crippen molar-refractivity contribution >= 4 is 0 Å². The number of rotatable bonds is 2. The topological polar surface area (TPSA) is 49.8 Å². The summed E-state index contributed by atoms with van der Waals surface area (Å²) < 4.78 is 1.64. The Morgan fingerprint density at radius 3 is 2.69 bits per heavy atom. The van der Waals surface area contributed by atoms with Gasteiger partial charge in [0, 0.05) is 24.7 Å². The Hall–Kier alpha value is -1.03. The average molecular weight is 221 g/mol. The van der Waals surface area contributed by atoms with E-state index in [4.69, 9.17) is 0 Å². The molecule has 1 aliphatic heterocycles. The van der Waals surface area contributed by atoms with Crippen LogP contribution < -0.4 is 10.9 Å². The van der Waals surface area contributed by atoms with Crippen LogP contribution in [0.15, 0.2) is 4.79 Å². The molecule has 2 fully saturated rings. The van der Waals surface area contributed by atoms with Crippen molar-refractivity contribution in [2.24, 2.45) is 7.05 Å². The molecule has 0 bridgehead atoms. The minimum Gasteiger partial charge on any atom is -0.310 e. The van der Waals surface area contributed by atoms with Gasteiger partial charge < -0.3 is 5.32 Å². The van der Waals surface area contributed by atoms with E-state index in [1.807, 2.05) is 7.05 Å². The van der Waals surface area contributed by atoms with Crippen LogP contribution >= 0.6 is 0 Å². The van der Waals surface area contributed by atoms with Crippen LogP contribution in [-0.2, 0) is 7.05 Å². The van der Waals surface area contributed by atoms with Crippen molar-refractivity contribution in [3.63, 3.8) is 0 Å². The molecule has 1 saturated heterocycles. The van der Waals surface area contributed by atoms with Gasteiger partial charge >= 0.3 is 0 Å². The van der Waals surface area contributed by atoms with Crippen LogP contribution in [0.25, 0.3) is 0 Å². The van der Waals surface area contributed by atoms with Gasteiger partial charge in [-0.2, -0.15) is 0 Å². The van der Waals surface area contributed by atoms with Crippen molar-refractivity contribution in [3.05, 3.63) is 21.6 Å². The molecule has 16 heavy (non-hydrogen) atoms. The summed E-state index contributed by atoms with van der Waals surface area (Å²) in [5.74, 6) is 0.618. The predicted octanol–water partition coefficient (Wildman–Crippen LogP) is 1.41. The fourth-order valence-corrected chi connectivity index (χ4v) is 2.71. The number of aryl methyl sites for hydroxylation is 1. The van der Waals surface area contributed by atoms with E-state index in [2.05, 4.69) is 10.4 Å². The van der Waals surface area contributed by atoms with Crippen LogP contribution in [0, 0.1) is 0 Å². The lowest BCUT2D eigenvalue weighted by Gasteiger charge is -2.22. The molecule has 4 heteroatoms. The first-order valence-electron chi connectivity index (χ1n) is 6.29. The maximum Gasteiger partial charge on any atom is 0.271 e. The molecule has 4 nitrogen and oxygen atoms in total. The maximum atomic E-state index is 12.1. The van der Waals surface area contributed by atoms with Crippen LogP contribution in [-0.4, -0.2) is 16.3 Å². The second kappa shape index (κ2) is 3.77. The molecule has 1 aliphatic carbocycles. The predicted molar refractivity (Wildman–Crippen MR) is 62.6 cm³/mol. The first-order valence-corrected chi connectivity index (χ1v) is 6.29. The molecule has 0 aromatic carbocycles. The Morgan fingerprint density at radius 1 is 1.25 bits per heavy atom. The van der Waals surface area contributed by atoms with Gasteiger partial charge in [-0.15, -0.1) is 0 Å². The number of piperidine rings is 1. The van der Waals surface area contributed by atoms with Crippen molar-refractivity contribution in [3.8, 4) is 0 Å². The lowest BCUT2D eigenvalue weighted by Crippen LogP contribution is -2.31. The second-order valence-corrected chi connectivity index (χ2v) is 5.08. The summed E-state index contributed by atoms with van der Waals surface area (Å²) in [4.78, 5) is 12.1. The molecule has 1 atom stereocenters. The standard InChI is InChI=1S/C12H19N3O/c1-15-12(16)10(9-4-2-3-7-13-9)11(14-15)8-5-6-8/h8-9,13-14H,2-7H2,1H3. The third kappa shape index (κ3) is 1.61. The maximum absolute atomic E-state index is 12.1. The lowest BCUT2D eigenvalue weighted by molar-refractivity contribution is 0.408. The highest BCUT2D eigenvalue weighted by Gasteiger charge is 2.33. The Labute approximate surface area is 95.0 Å². The van der Waals surface area contributed by atoms with E-state index in [9.17, 15) is 4.79 Å². The van der Waals surface area contributed by atoms with Gasteiger partial charge in [-0.05, 0) is 32.2 Å². The van der Waals surface area contributed by atoms with E-state index in [1.54, 1.807) is 4.68 Å². The summed E-state index contributed by atoms with van der Waals surface area (Å²) >= 11 is 0. The molecular weight excluding hydrogens is 202 g/mol. The highest BCUT2D eigenvalue weighted by Crippen LogP contribution is 2.41. The largest absolute Gasteiger partial charge is 0.310 e. The first-order chi connectivity index (χ1) is 7.77. The summed E-state index contributed by atoms with van der Waals surface area (Å²) in [6.07, 6.45) is 6.04. The molecule has 1 unspecified atom stereocenters. The summed E-state index contributed by atoms with van der Waals surface area (Å²) in [6.45, 7) is 1.04. The van der Waals surface area contributed by atoms with Crippen molar-refractivity contribution in [2.45, 2.75) is 44.1 Å². The molecule has 1 aromatic heterocycles. The highest BCUT2D eigenvalue weighted by molar-refractivity contribution is 5.28.